The number of aryl methyl sites for hydroxylation is 1. The third-order valence-electron chi connectivity index (χ3n) is 2.90. The van der Waals surface area contributed by atoms with Gasteiger partial charge in [-0.1, -0.05) is 30.3 Å². The highest BCUT2D eigenvalue weighted by atomic mass is 32.1. The van der Waals surface area contributed by atoms with Crippen LogP contribution in [-0.4, -0.2) is 34.6 Å². The van der Waals surface area contributed by atoms with Crippen LogP contribution in [0.15, 0.2) is 35.8 Å². The van der Waals surface area contributed by atoms with Crippen LogP contribution in [0.25, 0.3) is 0 Å². The Balaban J connectivity index is 1.77. The average molecular weight is 320 g/mol. The van der Waals surface area contributed by atoms with Gasteiger partial charge in [-0.05, 0) is 12.5 Å². The maximum Gasteiger partial charge on any atom is 0.337 e. The Kier molecular flexibility index (Phi) is 5.62. The first-order valence-corrected chi connectivity index (χ1v) is 7.53. The number of hydrogen-bond acceptors (Lipinski definition) is 6. The summed E-state index contributed by atoms with van der Waals surface area (Å²) in [6.45, 7) is 1.60. The topological polar surface area (TPSA) is 88.5 Å². The minimum absolute atomic E-state index is 0.0820. The van der Waals surface area contributed by atoms with Crippen molar-refractivity contribution >= 4 is 23.2 Å². The van der Waals surface area contributed by atoms with E-state index in [1.807, 2.05) is 30.3 Å². The number of aliphatic hydroxyl groups is 1. The van der Waals surface area contributed by atoms with E-state index in [9.17, 15) is 14.7 Å². The van der Waals surface area contributed by atoms with E-state index in [2.05, 4.69) is 10.3 Å². The number of nitrogens with one attached hydrogen (secondary N) is 1. The molecule has 0 aliphatic carbocycles. The maximum absolute atomic E-state index is 11.8. The molecule has 0 aliphatic heterocycles. The Bertz CT molecular complexity index is 642. The van der Waals surface area contributed by atoms with Crippen molar-refractivity contribution in [3.63, 3.8) is 0 Å². The van der Waals surface area contributed by atoms with E-state index < -0.39 is 12.1 Å². The molecule has 0 saturated carbocycles. The predicted octanol–water partition coefficient (Wildman–Crippen LogP) is 1.29. The quantitative estimate of drug-likeness (QED) is 0.783. The molecule has 1 aromatic carbocycles. The largest absolute Gasteiger partial charge is 0.459 e. The van der Waals surface area contributed by atoms with Gasteiger partial charge in [-0.25, -0.2) is 9.78 Å². The lowest BCUT2D eigenvalue weighted by atomic mass is 10.2. The molecule has 7 heteroatoms. The normalized spacial score (nSPS) is 11.7. The second kappa shape index (κ2) is 7.67. The Morgan fingerprint density at radius 2 is 2.09 bits per heavy atom. The van der Waals surface area contributed by atoms with Crippen molar-refractivity contribution in [2.45, 2.75) is 19.6 Å². The van der Waals surface area contributed by atoms with Crippen molar-refractivity contribution < 1.29 is 19.4 Å². The van der Waals surface area contributed by atoms with Gasteiger partial charge in [0.15, 0.2) is 6.10 Å². The fourth-order valence-corrected chi connectivity index (χ4v) is 2.42. The van der Waals surface area contributed by atoms with Gasteiger partial charge in [-0.2, -0.15) is 0 Å². The zero-order chi connectivity index (χ0) is 15.9. The number of esters is 1. The zero-order valence-corrected chi connectivity index (χ0v) is 12.8. The first kappa shape index (κ1) is 16.1. The summed E-state index contributed by atoms with van der Waals surface area (Å²) < 4.78 is 4.99. The molecule has 1 atom stereocenters. The molecule has 0 saturated heterocycles. The minimum Gasteiger partial charge on any atom is -0.459 e. The number of carbonyl (C=O) groups is 2. The van der Waals surface area contributed by atoms with Crippen LogP contribution >= 0.6 is 11.3 Å². The molecule has 0 spiro atoms. The zero-order valence-electron chi connectivity index (χ0n) is 12.0. The number of amides is 1. The Hall–Kier alpha value is -2.25. The highest BCUT2D eigenvalue weighted by molar-refractivity contribution is 7.11. The third-order valence-corrected chi connectivity index (χ3v) is 3.83. The second-order valence-electron chi connectivity index (χ2n) is 4.59. The summed E-state index contributed by atoms with van der Waals surface area (Å²) in [6.07, 6.45) is -1.40. The van der Waals surface area contributed by atoms with Gasteiger partial charge in [-0.3, -0.25) is 4.79 Å². The first-order valence-electron chi connectivity index (χ1n) is 6.65. The van der Waals surface area contributed by atoms with Crippen molar-refractivity contribution in [1.82, 2.24) is 10.3 Å². The Labute approximate surface area is 131 Å². The molecule has 2 aromatic rings. The molecule has 0 fully saturated rings. The maximum atomic E-state index is 11.8. The number of aliphatic hydroxyl groups excluding tert-OH is 1. The van der Waals surface area contributed by atoms with Gasteiger partial charge in [0.25, 0.3) is 5.91 Å². The summed E-state index contributed by atoms with van der Waals surface area (Å²) in [4.78, 5) is 27.9. The predicted molar refractivity (Wildman–Crippen MR) is 81.4 cm³/mol. The van der Waals surface area contributed by atoms with Crippen molar-refractivity contribution in [2.24, 2.45) is 0 Å². The fourth-order valence-electron chi connectivity index (χ4n) is 1.70. The lowest BCUT2D eigenvalue weighted by molar-refractivity contribution is -0.154. The summed E-state index contributed by atoms with van der Waals surface area (Å²) in [7, 11) is 0. The highest BCUT2D eigenvalue weighted by Gasteiger charge is 2.19. The SMILES string of the molecule is Cc1ncsc1C(=O)NC[C@@H](O)C(=O)OCc1ccccc1. The molecule has 6 nitrogen and oxygen atoms in total. The lowest BCUT2D eigenvalue weighted by Crippen LogP contribution is -2.37. The highest BCUT2D eigenvalue weighted by Crippen LogP contribution is 2.11. The summed E-state index contributed by atoms with van der Waals surface area (Å²) in [5, 5.41) is 12.2. The molecule has 22 heavy (non-hydrogen) atoms. The number of carbonyl (C=O) groups excluding carboxylic acids is 2. The molecule has 1 heterocycles. The number of rotatable bonds is 6. The average Bonchev–Trinajstić information content (AvgIpc) is 2.97. The van der Waals surface area contributed by atoms with Crippen LogP contribution in [0.5, 0.6) is 0 Å². The number of hydrogen-bond donors (Lipinski definition) is 2. The van der Waals surface area contributed by atoms with Gasteiger partial charge in [0.2, 0.25) is 0 Å². The van der Waals surface area contributed by atoms with Gasteiger partial charge in [-0.15, -0.1) is 11.3 Å². The first-order chi connectivity index (χ1) is 10.6. The van der Waals surface area contributed by atoms with E-state index >= 15 is 0 Å². The number of benzene rings is 1. The van der Waals surface area contributed by atoms with Gasteiger partial charge < -0.3 is 15.2 Å². The summed E-state index contributed by atoms with van der Waals surface area (Å²) in [5.41, 5.74) is 3.01. The molecule has 0 radical (unpaired) electrons. The van der Waals surface area contributed by atoms with Crippen molar-refractivity contribution in [1.29, 1.82) is 0 Å². The summed E-state index contributed by atoms with van der Waals surface area (Å²) in [6, 6.07) is 9.15. The molecule has 0 aliphatic rings. The molecular formula is C15H16N2O4S. The Morgan fingerprint density at radius 1 is 1.36 bits per heavy atom. The number of thiazole rings is 1. The van der Waals surface area contributed by atoms with Crippen LogP contribution in [0.1, 0.15) is 20.9 Å². The van der Waals surface area contributed by atoms with Crippen LogP contribution in [0, 0.1) is 6.92 Å². The van der Waals surface area contributed by atoms with E-state index in [0.717, 1.165) is 5.56 Å². The molecular weight excluding hydrogens is 304 g/mol. The molecule has 0 bridgehead atoms. The molecule has 116 valence electrons. The van der Waals surface area contributed by atoms with Crippen LogP contribution < -0.4 is 5.32 Å². The molecule has 2 rings (SSSR count). The standard InChI is InChI=1S/C15H16N2O4S/c1-10-13(22-9-17-10)14(19)16-7-12(18)15(20)21-8-11-5-3-2-4-6-11/h2-6,9,12,18H,7-8H2,1H3,(H,16,19)/t12-/m1/s1. The smallest absolute Gasteiger partial charge is 0.337 e. The van der Waals surface area contributed by atoms with Gasteiger partial charge in [0.05, 0.1) is 17.7 Å². The molecule has 1 amide bonds. The van der Waals surface area contributed by atoms with Gasteiger partial charge >= 0.3 is 5.97 Å². The number of nitrogens with zero attached hydrogens (tertiary/aromatic N) is 1. The van der Waals surface area contributed by atoms with E-state index in [-0.39, 0.29) is 19.1 Å². The molecule has 1 aromatic heterocycles. The van der Waals surface area contributed by atoms with Crippen LogP contribution in [0.3, 0.4) is 0 Å². The minimum atomic E-state index is -1.40. The summed E-state index contributed by atoms with van der Waals surface area (Å²) in [5.74, 6) is -1.14. The van der Waals surface area contributed by atoms with Crippen LogP contribution in [0.2, 0.25) is 0 Å². The summed E-state index contributed by atoms with van der Waals surface area (Å²) >= 11 is 1.20. The van der Waals surface area contributed by atoms with Gasteiger partial charge in [0, 0.05) is 0 Å². The van der Waals surface area contributed by atoms with Crippen LogP contribution in [0.4, 0.5) is 0 Å². The van der Waals surface area contributed by atoms with Crippen molar-refractivity contribution in [3.05, 3.63) is 52.0 Å². The van der Waals surface area contributed by atoms with Crippen LogP contribution in [-0.2, 0) is 16.1 Å². The molecule has 2 N–H and O–H groups in total. The van der Waals surface area contributed by atoms with E-state index in [1.165, 1.54) is 11.3 Å². The lowest BCUT2D eigenvalue weighted by Gasteiger charge is -2.11. The second-order valence-corrected chi connectivity index (χ2v) is 5.44. The fraction of sp³-hybridized carbons (Fsp3) is 0.267. The van der Waals surface area contributed by atoms with E-state index in [1.54, 1.807) is 12.4 Å². The molecule has 0 unspecified atom stereocenters. The van der Waals surface area contributed by atoms with E-state index in [4.69, 9.17) is 4.74 Å². The third kappa shape index (κ3) is 4.37. The van der Waals surface area contributed by atoms with Crippen molar-refractivity contribution in [3.8, 4) is 0 Å². The number of ether oxygens (including phenoxy) is 1. The Morgan fingerprint density at radius 3 is 2.73 bits per heavy atom. The number of aromatic nitrogens is 1. The van der Waals surface area contributed by atoms with Crippen molar-refractivity contribution in [2.75, 3.05) is 6.54 Å². The monoisotopic (exact) mass is 320 g/mol. The van der Waals surface area contributed by atoms with E-state index in [0.29, 0.717) is 10.6 Å². The van der Waals surface area contributed by atoms with Gasteiger partial charge in [0.1, 0.15) is 11.5 Å².